The van der Waals surface area contributed by atoms with Gasteiger partial charge in [0.2, 0.25) is 0 Å². The first-order valence-electron chi connectivity index (χ1n) is 8.35. The predicted octanol–water partition coefficient (Wildman–Crippen LogP) is 5.26. The van der Waals surface area contributed by atoms with Crippen LogP contribution in [0.2, 0.25) is 5.02 Å². The number of hydrogen-bond acceptors (Lipinski definition) is 2. The first-order chi connectivity index (χ1) is 13.0. The number of aromatic nitrogens is 2. The van der Waals surface area contributed by atoms with Crippen LogP contribution in [-0.4, -0.2) is 9.97 Å². The molecule has 3 aromatic carbocycles. The zero-order valence-corrected chi connectivity index (χ0v) is 16.8. The lowest BCUT2D eigenvalue weighted by atomic mass is 9.99. The third-order valence-electron chi connectivity index (χ3n) is 4.94. The van der Waals surface area contributed by atoms with Crippen LogP contribution in [-0.2, 0) is 4.43 Å². The van der Waals surface area contributed by atoms with Gasteiger partial charge in [0.05, 0.1) is 0 Å². The number of nitrogens with one attached hydrogen (secondary N) is 2. The van der Waals surface area contributed by atoms with Crippen molar-refractivity contribution in [1.82, 2.24) is 9.97 Å². The van der Waals surface area contributed by atoms with E-state index < -0.39 is 0 Å². The van der Waals surface area contributed by atoms with E-state index in [9.17, 15) is 9.59 Å². The van der Waals surface area contributed by atoms with E-state index in [-0.39, 0.29) is 11.1 Å². The summed E-state index contributed by atoms with van der Waals surface area (Å²) in [4.78, 5) is 31.3. The molecule has 0 saturated carbocycles. The standard InChI is InChI=1S/C21H12ClIN2O2/c22-11-2-4-19-15(6-11)13-8-16-12(7-17(13)21(27)25-19)14-5-10(9-23)1-3-18(14)24-20(16)26/h1-8H,9H2,(H,24,26)(H,25,27). The van der Waals surface area contributed by atoms with E-state index in [2.05, 4.69) is 38.6 Å². The average molecular weight is 487 g/mol. The Bertz CT molecular complexity index is 1520. The van der Waals surface area contributed by atoms with Crippen molar-refractivity contribution in [1.29, 1.82) is 0 Å². The zero-order valence-electron chi connectivity index (χ0n) is 13.9. The molecule has 0 saturated heterocycles. The van der Waals surface area contributed by atoms with Gasteiger partial charge in [0.25, 0.3) is 11.1 Å². The third-order valence-corrected chi connectivity index (χ3v) is 6.06. The van der Waals surface area contributed by atoms with Crippen LogP contribution in [0.1, 0.15) is 5.56 Å². The molecular weight excluding hydrogens is 475 g/mol. The Morgan fingerprint density at radius 3 is 1.85 bits per heavy atom. The summed E-state index contributed by atoms with van der Waals surface area (Å²) in [7, 11) is 0. The molecule has 0 spiro atoms. The van der Waals surface area contributed by atoms with Crippen LogP contribution in [0.3, 0.4) is 0 Å². The summed E-state index contributed by atoms with van der Waals surface area (Å²) in [5, 5.41) is 4.94. The van der Waals surface area contributed by atoms with Crippen molar-refractivity contribution in [2.24, 2.45) is 0 Å². The topological polar surface area (TPSA) is 65.7 Å². The van der Waals surface area contributed by atoms with E-state index in [1.54, 1.807) is 18.2 Å². The van der Waals surface area contributed by atoms with Gasteiger partial charge < -0.3 is 9.97 Å². The number of hydrogen-bond donors (Lipinski definition) is 2. The summed E-state index contributed by atoms with van der Waals surface area (Å²) in [5.41, 5.74) is 2.27. The Morgan fingerprint density at radius 2 is 1.26 bits per heavy atom. The molecule has 6 heteroatoms. The average Bonchev–Trinajstić information content (AvgIpc) is 2.68. The maximum Gasteiger partial charge on any atom is 0.256 e. The minimum atomic E-state index is -0.180. The Kier molecular flexibility index (Phi) is 3.77. The van der Waals surface area contributed by atoms with E-state index in [0.717, 1.165) is 37.1 Å². The summed E-state index contributed by atoms with van der Waals surface area (Å²) in [6.45, 7) is 0. The maximum atomic E-state index is 12.7. The van der Waals surface area contributed by atoms with Gasteiger partial charge in [0.15, 0.2) is 0 Å². The highest BCUT2D eigenvalue weighted by Gasteiger charge is 2.12. The molecular formula is C21H12ClIN2O2. The largest absolute Gasteiger partial charge is 0.321 e. The first-order valence-corrected chi connectivity index (χ1v) is 10.3. The van der Waals surface area contributed by atoms with Crippen LogP contribution < -0.4 is 11.1 Å². The summed E-state index contributed by atoms with van der Waals surface area (Å²) in [6, 6.07) is 14.9. The Labute approximate surface area is 171 Å². The Balaban J connectivity index is 2.05. The molecule has 2 aromatic heterocycles. The van der Waals surface area contributed by atoms with Gasteiger partial charge in [-0.2, -0.15) is 0 Å². The minimum Gasteiger partial charge on any atom is -0.321 e. The van der Waals surface area contributed by atoms with Gasteiger partial charge in [-0.3, -0.25) is 9.59 Å². The molecule has 0 aliphatic heterocycles. The molecule has 5 aromatic rings. The highest BCUT2D eigenvalue weighted by atomic mass is 127. The molecule has 5 rings (SSSR count). The van der Waals surface area contributed by atoms with E-state index >= 15 is 0 Å². The van der Waals surface area contributed by atoms with E-state index in [1.165, 1.54) is 0 Å². The van der Waals surface area contributed by atoms with Crippen molar-refractivity contribution < 1.29 is 0 Å². The van der Waals surface area contributed by atoms with E-state index in [4.69, 9.17) is 11.6 Å². The number of pyridine rings is 2. The second-order valence-electron chi connectivity index (χ2n) is 6.56. The summed E-state index contributed by atoms with van der Waals surface area (Å²) in [5.74, 6) is 0. The van der Waals surface area contributed by atoms with Crippen molar-refractivity contribution in [3.63, 3.8) is 0 Å². The van der Waals surface area contributed by atoms with Gasteiger partial charge >= 0.3 is 0 Å². The van der Waals surface area contributed by atoms with Crippen molar-refractivity contribution in [3.05, 3.63) is 79.8 Å². The van der Waals surface area contributed by atoms with Crippen molar-refractivity contribution in [3.8, 4) is 0 Å². The molecule has 0 bridgehead atoms. The number of fused-ring (bicyclic) bond motifs is 6. The Hall–Kier alpha value is -2.38. The first kappa shape index (κ1) is 16.8. The fourth-order valence-corrected chi connectivity index (χ4v) is 4.30. The van der Waals surface area contributed by atoms with Gasteiger partial charge in [-0.05, 0) is 58.8 Å². The monoisotopic (exact) mass is 486 g/mol. The van der Waals surface area contributed by atoms with Crippen LogP contribution >= 0.6 is 34.2 Å². The Morgan fingerprint density at radius 1 is 0.704 bits per heavy atom. The number of benzene rings is 3. The number of H-pyrrole nitrogens is 2. The van der Waals surface area contributed by atoms with Crippen LogP contribution in [0.4, 0.5) is 0 Å². The molecule has 27 heavy (non-hydrogen) atoms. The maximum absolute atomic E-state index is 12.7. The number of halogens is 2. The third kappa shape index (κ3) is 2.56. The number of rotatable bonds is 1. The lowest BCUT2D eigenvalue weighted by Crippen LogP contribution is -2.10. The highest BCUT2D eigenvalue weighted by molar-refractivity contribution is 14.1. The fraction of sp³-hybridized carbons (Fsp3) is 0.0476. The minimum absolute atomic E-state index is 0.169. The molecule has 0 aliphatic carbocycles. The van der Waals surface area contributed by atoms with Crippen LogP contribution in [0, 0.1) is 0 Å². The highest BCUT2D eigenvalue weighted by Crippen LogP contribution is 2.30. The number of alkyl halides is 1. The molecule has 0 fully saturated rings. The molecule has 4 nitrogen and oxygen atoms in total. The van der Waals surface area contributed by atoms with Crippen LogP contribution in [0.5, 0.6) is 0 Å². The normalized spacial score (nSPS) is 11.8. The smallest absolute Gasteiger partial charge is 0.256 e. The lowest BCUT2D eigenvalue weighted by Gasteiger charge is -2.09. The van der Waals surface area contributed by atoms with Gasteiger partial charge in [0.1, 0.15) is 0 Å². The van der Waals surface area contributed by atoms with Gasteiger partial charge in [-0.25, -0.2) is 0 Å². The van der Waals surface area contributed by atoms with Crippen molar-refractivity contribution >= 4 is 77.5 Å². The van der Waals surface area contributed by atoms with E-state index in [1.807, 2.05) is 24.3 Å². The molecule has 2 N–H and O–H groups in total. The van der Waals surface area contributed by atoms with Crippen molar-refractivity contribution in [2.75, 3.05) is 0 Å². The second-order valence-corrected chi connectivity index (χ2v) is 7.75. The molecule has 2 heterocycles. The van der Waals surface area contributed by atoms with Gasteiger partial charge in [0, 0.05) is 42.0 Å². The fourth-order valence-electron chi connectivity index (χ4n) is 3.66. The second kappa shape index (κ2) is 6.07. The van der Waals surface area contributed by atoms with Crippen LogP contribution in [0.15, 0.2) is 58.1 Å². The van der Waals surface area contributed by atoms with Gasteiger partial charge in [-0.15, -0.1) is 0 Å². The number of aromatic amines is 2. The lowest BCUT2D eigenvalue weighted by molar-refractivity contribution is 1.33. The van der Waals surface area contributed by atoms with Crippen LogP contribution in [0.25, 0.3) is 43.4 Å². The molecule has 0 unspecified atom stereocenters. The zero-order chi connectivity index (χ0) is 18.7. The molecule has 132 valence electrons. The molecule has 0 amide bonds. The molecule has 0 aliphatic rings. The quantitative estimate of drug-likeness (QED) is 0.147. The molecule has 0 atom stereocenters. The summed E-state index contributed by atoms with van der Waals surface area (Å²) < 4.78 is 0.867. The van der Waals surface area contributed by atoms with Gasteiger partial charge in [-0.1, -0.05) is 40.3 Å². The predicted molar refractivity (Wildman–Crippen MR) is 120 cm³/mol. The summed E-state index contributed by atoms with van der Waals surface area (Å²) >= 11 is 8.47. The van der Waals surface area contributed by atoms with Crippen molar-refractivity contribution in [2.45, 2.75) is 4.43 Å². The van der Waals surface area contributed by atoms with E-state index in [0.29, 0.717) is 21.3 Å². The SMILES string of the molecule is O=c1[nH]c2ccc(Cl)cc2c2cc3c(=O)[nH]c4ccc(CI)cc4c3cc12. The molecule has 0 radical (unpaired) electrons. The summed E-state index contributed by atoms with van der Waals surface area (Å²) in [6.07, 6.45) is 0.